The van der Waals surface area contributed by atoms with Crippen molar-refractivity contribution in [2.45, 2.75) is 65.3 Å². The first kappa shape index (κ1) is 24.1. The first-order valence-electron chi connectivity index (χ1n) is 8.69. The average molecular weight is 415 g/mol. The highest BCUT2D eigenvalue weighted by molar-refractivity contribution is 5.92. The second kappa shape index (κ2) is 10.6. The SMILES string of the molecule is C=C(C)C(=O)N[C@@H]1[C@@H](OC(C)=O)O[C@@H](COC(C)=O)[C@@H](OC(C)=O)[C@@H]1OC(C)=O. The third-order valence-electron chi connectivity index (χ3n) is 3.67. The minimum atomic E-state index is -1.42. The fraction of sp³-hybridized carbons (Fsp3) is 0.611. The van der Waals surface area contributed by atoms with Crippen molar-refractivity contribution in [1.29, 1.82) is 0 Å². The molecule has 29 heavy (non-hydrogen) atoms. The van der Waals surface area contributed by atoms with Crippen LogP contribution in [-0.4, -0.2) is 67.0 Å². The second-order valence-corrected chi connectivity index (χ2v) is 6.38. The van der Waals surface area contributed by atoms with Crippen molar-refractivity contribution in [3.63, 3.8) is 0 Å². The number of hydrogen-bond acceptors (Lipinski definition) is 10. The molecule has 0 bridgehead atoms. The summed E-state index contributed by atoms with van der Waals surface area (Å²) in [5, 5.41) is 2.50. The molecule has 1 rings (SSSR count). The van der Waals surface area contributed by atoms with Gasteiger partial charge in [-0.25, -0.2) is 0 Å². The molecule has 0 aromatic rings. The summed E-state index contributed by atoms with van der Waals surface area (Å²) in [5.41, 5.74) is 0.124. The lowest BCUT2D eigenvalue weighted by Crippen LogP contribution is -2.67. The summed E-state index contributed by atoms with van der Waals surface area (Å²) in [4.78, 5) is 58.2. The Bertz CT molecular complexity index is 688. The summed E-state index contributed by atoms with van der Waals surface area (Å²) in [6.45, 7) is 9.07. The molecular weight excluding hydrogens is 390 g/mol. The summed E-state index contributed by atoms with van der Waals surface area (Å²) in [6, 6.07) is -1.23. The molecule has 0 aromatic carbocycles. The van der Waals surface area contributed by atoms with Crippen LogP contribution in [0.15, 0.2) is 12.2 Å². The maximum Gasteiger partial charge on any atom is 0.305 e. The topological polar surface area (TPSA) is 144 Å². The molecule has 1 N–H and O–H groups in total. The van der Waals surface area contributed by atoms with Crippen LogP contribution >= 0.6 is 0 Å². The zero-order valence-electron chi connectivity index (χ0n) is 16.9. The highest BCUT2D eigenvalue weighted by Crippen LogP contribution is 2.28. The monoisotopic (exact) mass is 415 g/mol. The van der Waals surface area contributed by atoms with Gasteiger partial charge in [-0.3, -0.25) is 24.0 Å². The van der Waals surface area contributed by atoms with Gasteiger partial charge < -0.3 is 29.0 Å². The van der Waals surface area contributed by atoms with Crippen LogP contribution in [0.5, 0.6) is 0 Å². The van der Waals surface area contributed by atoms with Crippen molar-refractivity contribution < 1.29 is 47.7 Å². The Morgan fingerprint density at radius 1 is 0.828 bits per heavy atom. The standard InChI is InChI=1S/C18H25NO10/c1-8(2)17(24)19-14-16(27-11(5)22)15(26-10(4)21)13(7-25-9(3)20)29-18(14)28-12(6)23/h13-16,18H,1,7H2,2-6H3,(H,19,24)/t13-,14-,15+,16+,18-/m0/s1. The first-order valence-corrected chi connectivity index (χ1v) is 8.69. The minimum Gasteiger partial charge on any atom is -0.463 e. The number of nitrogens with one attached hydrogen (secondary N) is 1. The molecule has 1 saturated heterocycles. The fourth-order valence-electron chi connectivity index (χ4n) is 2.59. The largest absolute Gasteiger partial charge is 0.463 e. The number of hydrogen-bond donors (Lipinski definition) is 1. The van der Waals surface area contributed by atoms with Gasteiger partial charge >= 0.3 is 23.9 Å². The Morgan fingerprint density at radius 2 is 1.34 bits per heavy atom. The van der Waals surface area contributed by atoms with Crippen molar-refractivity contribution in [2.24, 2.45) is 0 Å². The van der Waals surface area contributed by atoms with E-state index in [1.807, 2.05) is 0 Å². The van der Waals surface area contributed by atoms with Gasteiger partial charge in [-0.1, -0.05) is 6.58 Å². The first-order chi connectivity index (χ1) is 13.4. The molecule has 0 radical (unpaired) electrons. The lowest BCUT2D eigenvalue weighted by molar-refractivity contribution is -0.270. The van der Waals surface area contributed by atoms with Gasteiger partial charge in [0, 0.05) is 33.3 Å². The average Bonchev–Trinajstić information content (AvgIpc) is 2.56. The Labute approximate surface area is 167 Å². The van der Waals surface area contributed by atoms with Gasteiger partial charge in [0.2, 0.25) is 12.2 Å². The van der Waals surface area contributed by atoms with Crippen LogP contribution < -0.4 is 5.32 Å². The van der Waals surface area contributed by atoms with Crippen LogP contribution in [0.4, 0.5) is 0 Å². The lowest BCUT2D eigenvalue weighted by Gasteiger charge is -2.44. The molecule has 1 aliphatic heterocycles. The van der Waals surface area contributed by atoms with Crippen LogP contribution in [0.3, 0.4) is 0 Å². The van der Waals surface area contributed by atoms with E-state index >= 15 is 0 Å². The molecular formula is C18H25NO10. The van der Waals surface area contributed by atoms with E-state index < -0.39 is 60.4 Å². The van der Waals surface area contributed by atoms with E-state index in [1.165, 1.54) is 6.92 Å². The number of amides is 1. The van der Waals surface area contributed by atoms with Crippen molar-refractivity contribution in [1.82, 2.24) is 5.32 Å². The van der Waals surface area contributed by atoms with Crippen LogP contribution in [0.1, 0.15) is 34.6 Å². The van der Waals surface area contributed by atoms with Gasteiger partial charge in [0.15, 0.2) is 12.2 Å². The summed E-state index contributed by atoms with van der Waals surface area (Å²) in [5.74, 6) is -3.51. The Balaban J connectivity index is 3.36. The lowest BCUT2D eigenvalue weighted by atomic mass is 9.95. The van der Waals surface area contributed by atoms with Crippen molar-refractivity contribution in [3.8, 4) is 0 Å². The van der Waals surface area contributed by atoms with E-state index in [9.17, 15) is 24.0 Å². The molecule has 0 spiro atoms. The molecule has 1 fully saturated rings. The predicted octanol–water partition coefficient (Wildman–Crippen LogP) is -0.238. The summed E-state index contributed by atoms with van der Waals surface area (Å²) >= 11 is 0. The van der Waals surface area contributed by atoms with Gasteiger partial charge in [0.25, 0.3) is 0 Å². The number of rotatable bonds is 7. The molecule has 0 aromatic heterocycles. The number of carbonyl (C=O) groups is 5. The number of ether oxygens (including phenoxy) is 5. The number of esters is 4. The fourth-order valence-corrected chi connectivity index (χ4v) is 2.59. The molecule has 0 unspecified atom stereocenters. The van der Waals surface area contributed by atoms with Crippen molar-refractivity contribution >= 4 is 29.8 Å². The predicted molar refractivity (Wildman–Crippen MR) is 94.9 cm³/mol. The normalized spacial score (nSPS) is 25.9. The molecule has 0 aliphatic carbocycles. The van der Waals surface area contributed by atoms with Crippen LogP contribution in [0.2, 0.25) is 0 Å². The summed E-state index contributed by atoms with van der Waals surface area (Å²) in [7, 11) is 0. The molecule has 1 heterocycles. The van der Waals surface area contributed by atoms with Gasteiger partial charge in [-0.15, -0.1) is 0 Å². The highest BCUT2D eigenvalue weighted by Gasteiger charge is 2.52. The maximum atomic E-state index is 12.2. The summed E-state index contributed by atoms with van der Waals surface area (Å²) in [6.07, 6.45) is -5.14. The van der Waals surface area contributed by atoms with Crippen LogP contribution in [0, 0.1) is 0 Å². The molecule has 5 atom stereocenters. The molecule has 1 aliphatic rings. The third-order valence-corrected chi connectivity index (χ3v) is 3.67. The van der Waals surface area contributed by atoms with Gasteiger partial charge in [-0.05, 0) is 6.92 Å². The van der Waals surface area contributed by atoms with Crippen LogP contribution in [-0.2, 0) is 47.7 Å². The van der Waals surface area contributed by atoms with Crippen molar-refractivity contribution in [2.75, 3.05) is 6.61 Å². The quantitative estimate of drug-likeness (QED) is 0.336. The zero-order chi connectivity index (χ0) is 22.3. The summed E-state index contributed by atoms with van der Waals surface area (Å²) < 4.78 is 26.2. The molecule has 0 saturated carbocycles. The van der Waals surface area contributed by atoms with Crippen LogP contribution in [0.25, 0.3) is 0 Å². The third kappa shape index (κ3) is 7.53. The highest BCUT2D eigenvalue weighted by atomic mass is 16.7. The Kier molecular flexibility index (Phi) is 8.77. The molecule has 162 valence electrons. The van der Waals surface area contributed by atoms with E-state index in [0.717, 1.165) is 27.7 Å². The second-order valence-electron chi connectivity index (χ2n) is 6.38. The zero-order valence-corrected chi connectivity index (χ0v) is 16.9. The van der Waals surface area contributed by atoms with E-state index in [1.54, 1.807) is 0 Å². The van der Waals surface area contributed by atoms with E-state index in [-0.39, 0.29) is 12.2 Å². The molecule has 1 amide bonds. The minimum absolute atomic E-state index is 0.124. The van der Waals surface area contributed by atoms with E-state index in [2.05, 4.69) is 11.9 Å². The van der Waals surface area contributed by atoms with E-state index in [0.29, 0.717) is 0 Å². The number of carbonyl (C=O) groups excluding carboxylic acids is 5. The van der Waals surface area contributed by atoms with E-state index in [4.69, 9.17) is 23.7 Å². The van der Waals surface area contributed by atoms with Crippen molar-refractivity contribution in [3.05, 3.63) is 12.2 Å². The molecule has 11 heteroatoms. The maximum absolute atomic E-state index is 12.2. The van der Waals surface area contributed by atoms with Gasteiger partial charge in [0.05, 0.1) is 0 Å². The molecule has 11 nitrogen and oxygen atoms in total. The smallest absolute Gasteiger partial charge is 0.305 e. The Hall–Kier alpha value is -2.95. The Morgan fingerprint density at radius 3 is 1.79 bits per heavy atom. The van der Waals surface area contributed by atoms with Gasteiger partial charge in [0.1, 0.15) is 18.8 Å². The van der Waals surface area contributed by atoms with Gasteiger partial charge in [-0.2, -0.15) is 0 Å².